The number of hydrogen-bond donors (Lipinski definition) is 4. The minimum atomic E-state index is -2.65. The topological polar surface area (TPSA) is 180 Å². The first-order chi connectivity index (χ1) is 26.3. The Morgan fingerprint density at radius 2 is 1.30 bits per heavy atom. The number of primary amides is 2. The van der Waals surface area contributed by atoms with Crippen molar-refractivity contribution in [3.05, 3.63) is 81.1 Å². The maximum atomic E-state index is 13.1. The van der Waals surface area contributed by atoms with Crippen LogP contribution in [0.5, 0.6) is 0 Å². The Morgan fingerprint density at radius 1 is 0.804 bits per heavy atom. The summed E-state index contributed by atoms with van der Waals surface area (Å²) in [5, 5.41) is 13.5. The minimum Gasteiger partial charge on any atom is -0.365 e. The van der Waals surface area contributed by atoms with E-state index in [0.717, 1.165) is 17.8 Å². The van der Waals surface area contributed by atoms with Crippen molar-refractivity contribution in [3.63, 3.8) is 0 Å². The lowest BCUT2D eigenvalue weighted by Gasteiger charge is -2.37. The van der Waals surface area contributed by atoms with Crippen LogP contribution in [0.15, 0.2) is 48.5 Å². The van der Waals surface area contributed by atoms with E-state index >= 15 is 0 Å². The lowest BCUT2D eigenvalue weighted by Crippen LogP contribution is -2.45. The van der Waals surface area contributed by atoms with Gasteiger partial charge in [-0.25, -0.2) is 17.6 Å². The second-order valence-electron chi connectivity index (χ2n) is 14.9. The fourth-order valence-corrected chi connectivity index (χ4v) is 7.89. The third-order valence-corrected chi connectivity index (χ3v) is 10.7. The Morgan fingerprint density at radius 3 is 1.75 bits per heavy atom. The Hall–Kier alpha value is -4.51. The summed E-state index contributed by atoms with van der Waals surface area (Å²) < 4.78 is 53.2. The van der Waals surface area contributed by atoms with Gasteiger partial charge in [-0.3, -0.25) is 23.7 Å². The number of hydrogen-bond acceptors (Lipinski definition) is 7. The molecule has 8 rings (SSSR count). The van der Waals surface area contributed by atoms with E-state index in [1.165, 1.54) is 0 Å². The fourth-order valence-electron chi connectivity index (χ4n) is 7.51. The number of nitrogens with one attached hydrogen (secondary N) is 1. The number of nitrogens with zero attached hydrogens (tertiary/aromatic N) is 5. The van der Waals surface area contributed by atoms with E-state index in [-0.39, 0.29) is 74.2 Å². The van der Waals surface area contributed by atoms with Crippen molar-refractivity contribution in [1.82, 2.24) is 29.8 Å². The SMILES string of the molecule is CC1CN(C(=O)CC2CC(F)(F)C2)Cc2c(C(N)=O)c(-c3cccc(Cl)c3)nn21.CC1CNCc2c(C(N)=O)c(-c3cccc(Cl)c3)nn21.NC1CC(F)(F)C1. The number of benzene rings is 2. The van der Waals surface area contributed by atoms with Crippen molar-refractivity contribution in [2.75, 3.05) is 13.1 Å². The molecule has 2 aromatic carbocycles. The van der Waals surface area contributed by atoms with Gasteiger partial charge in [0.15, 0.2) is 0 Å². The fraction of sp³-hybridized carbons (Fsp3) is 0.447. The third kappa shape index (κ3) is 9.03. The van der Waals surface area contributed by atoms with Gasteiger partial charge in [0, 0.05) is 79.0 Å². The second-order valence-corrected chi connectivity index (χ2v) is 15.8. The number of fused-ring (bicyclic) bond motifs is 2. The highest BCUT2D eigenvalue weighted by Crippen LogP contribution is 2.44. The number of rotatable bonds is 6. The molecule has 7 N–H and O–H groups in total. The van der Waals surface area contributed by atoms with Crippen molar-refractivity contribution in [2.45, 2.75) is 89.0 Å². The molecule has 56 heavy (non-hydrogen) atoms. The Bertz CT molecular complexity index is 2130. The smallest absolute Gasteiger partial charge is 0.252 e. The zero-order valence-corrected chi connectivity index (χ0v) is 32.3. The number of aromatic nitrogens is 4. The van der Waals surface area contributed by atoms with E-state index in [1.807, 2.05) is 23.7 Å². The number of amides is 3. The standard InChI is InChI=1S/C20H21ClF2N4O2.C14H15ClN4O.C4H7F2N/c1-11-9-26(16(28)5-12-7-20(22,23)8-12)10-15-17(19(24)29)18(25-27(11)15)13-3-2-4-14(21)6-13;1-8-6-17-7-11-12(14(16)20)13(18-19(8)11)9-3-2-4-10(15)5-9;5-4(6)1-3(7)2-4/h2-4,6,11-12H,5,7-10H2,1H3,(H2,24,29);2-5,8,17H,6-7H2,1H3,(H2,16,20);3H,1-2,7H2. The molecule has 0 radical (unpaired) electrons. The Balaban J connectivity index is 0.000000169. The van der Waals surface area contributed by atoms with Crippen LogP contribution in [0.4, 0.5) is 17.6 Å². The molecule has 12 nitrogen and oxygen atoms in total. The summed E-state index contributed by atoms with van der Waals surface area (Å²) in [4.78, 5) is 38.4. The minimum absolute atomic E-state index is 0.0868. The number of halogens is 6. The molecule has 2 saturated carbocycles. The maximum absolute atomic E-state index is 13.1. The van der Waals surface area contributed by atoms with Crippen molar-refractivity contribution >= 4 is 40.9 Å². The van der Waals surface area contributed by atoms with Gasteiger partial charge >= 0.3 is 0 Å². The molecule has 2 aromatic heterocycles. The number of carbonyl (C=O) groups is 3. The molecule has 2 fully saturated rings. The highest BCUT2D eigenvalue weighted by atomic mass is 35.5. The van der Waals surface area contributed by atoms with Crippen LogP contribution in [0, 0.1) is 5.92 Å². The highest BCUT2D eigenvalue weighted by molar-refractivity contribution is 6.31. The van der Waals surface area contributed by atoms with E-state index in [4.69, 9.17) is 40.4 Å². The van der Waals surface area contributed by atoms with Gasteiger partial charge in [0.1, 0.15) is 11.4 Å². The normalized spacial score (nSPS) is 20.8. The molecule has 2 unspecified atom stereocenters. The van der Waals surface area contributed by atoms with Gasteiger partial charge in [-0.1, -0.05) is 47.5 Å². The Kier molecular flexibility index (Phi) is 11.9. The van der Waals surface area contributed by atoms with Crippen LogP contribution in [0.1, 0.15) is 90.1 Å². The average Bonchev–Trinajstić information content (AvgIpc) is 3.68. The monoisotopic (exact) mass is 819 g/mol. The van der Waals surface area contributed by atoms with E-state index in [9.17, 15) is 31.9 Å². The predicted molar refractivity (Wildman–Crippen MR) is 203 cm³/mol. The van der Waals surface area contributed by atoms with Gasteiger partial charge in [-0.15, -0.1) is 0 Å². The quantitative estimate of drug-likeness (QED) is 0.164. The largest absolute Gasteiger partial charge is 0.365 e. The molecular weight excluding hydrogens is 777 g/mol. The molecule has 0 bridgehead atoms. The number of alkyl halides is 4. The molecule has 3 amide bonds. The summed E-state index contributed by atoms with van der Waals surface area (Å²) >= 11 is 12.1. The second kappa shape index (κ2) is 16.2. The predicted octanol–water partition coefficient (Wildman–Crippen LogP) is 6.35. The van der Waals surface area contributed by atoms with Crippen molar-refractivity contribution in [2.24, 2.45) is 23.1 Å². The van der Waals surface area contributed by atoms with Crippen LogP contribution < -0.4 is 22.5 Å². The molecule has 2 atom stereocenters. The van der Waals surface area contributed by atoms with Gasteiger partial charge < -0.3 is 27.4 Å². The van der Waals surface area contributed by atoms with E-state index in [1.54, 1.807) is 46.0 Å². The highest BCUT2D eigenvalue weighted by Gasteiger charge is 2.46. The summed E-state index contributed by atoms with van der Waals surface area (Å²) in [5.41, 5.74) is 20.9. The average molecular weight is 821 g/mol. The van der Waals surface area contributed by atoms with E-state index < -0.39 is 23.7 Å². The van der Waals surface area contributed by atoms with E-state index in [0.29, 0.717) is 51.3 Å². The van der Waals surface area contributed by atoms with Crippen LogP contribution in [0.3, 0.4) is 0 Å². The summed E-state index contributed by atoms with van der Waals surface area (Å²) in [6.07, 6.45) is -0.638. The number of nitrogens with two attached hydrogens (primary N) is 3. The molecule has 4 heterocycles. The molecule has 2 aliphatic heterocycles. The molecule has 0 spiro atoms. The van der Waals surface area contributed by atoms with Gasteiger partial charge in [0.05, 0.1) is 41.1 Å². The Labute approximate surface area is 330 Å². The van der Waals surface area contributed by atoms with Crippen LogP contribution in [-0.2, 0) is 17.9 Å². The van der Waals surface area contributed by atoms with Gasteiger partial charge in [-0.2, -0.15) is 10.2 Å². The molecule has 18 heteroatoms. The molecular formula is C38H43Cl2F4N9O3. The molecule has 4 aromatic rings. The van der Waals surface area contributed by atoms with Crippen LogP contribution in [0.2, 0.25) is 10.0 Å². The molecule has 0 saturated heterocycles. The zero-order valence-electron chi connectivity index (χ0n) is 30.8. The summed E-state index contributed by atoms with van der Waals surface area (Å²) in [7, 11) is 0. The van der Waals surface area contributed by atoms with Gasteiger partial charge in [-0.05, 0) is 44.0 Å². The van der Waals surface area contributed by atoms with Crippen molar-refractivity contribution in [1.29, 1.82) is 0 Å². The number of carbonyl (C=O) groups excluding carboxylic acids is 3. The van der Waals surface area contributed by atoms with Crippen LogP contribution in [-0.4, -0.2) is 73.2 Å². The van der Waals surface area contributed by atoms with Gasteiger partial charge in [0.25, 0.3) is 17.7 Å². The summed E-state index contributed by atoms with van der Waals surface area (Å²) in [6, 6.07) is 14.0. The molecule has 2 aliphatic carbocycles. The molecule has 4 aliphatic rings. The lowest BCUT2D eigenvalue weighted by atomic mass is 9.79. The zero-order chi connectivity index (χ0) is 40.7. The summed E-state index contributed by atoms with van der Waals surface area (Å²) in [5.74, 6) is -6.66. The first-order valence-corrected chi connectivity index (χ1v) is 18.9. The maximum Gasteiger partial charge on any atom is 0.252 e. The third-order valence-electron chi connectivity index (χ3n) is 10.2. The summed E-state index contributed by atoms with van der Waals surface area (Å²) in [6.45, 7) is 5.91. The van der Waals surface area contributed by atoms with Crippen molar-refractivity contribution in [3.8, 4) is 22.5 Å². The van der Waals surface area contributed by atoms with Crippen molar-refractivity contribution < 1.29 is 31.9 Å². The van der Waals surface area contributed by atoms with E-state index in [2.05, 4.69) is 22.4 Å². The lowest BCUT2D eigenvalue weighted by molar-refractivity contribution is -0.143. The first-order valence-electron chi connectivity index (χ1n) is 18.2. The first kappa shape index (κ1) is 41.1. The van der Waals surface area contributed by atoms with Crippen LogP contribution >= 0.6 is 23.2 Å². The molecule has 300 valence electrons. The van der Waals surface area contributed by atoms with Crippen LogP contribution in [0.25, 0.3) is 22.5 Å². The van der Waals surface area contributed by atoms with Gasteiger partial charge in [0.2, 0.25) is 11.8 Å².